The highest BCUT2D eigenvalue weighted by atomic mass is 16.3. The van der Waals surface area contributed by atoms with Crippen LogP contribution in [0.5, 0.6) is 0 Å². The number of benzene rings is 1. The van der Waals surface area contributed by atoms with Crippen molar-refractivity contribution >= 4 is 29.0 Å². The molecule has 3 amide bonds. The minimum absolute atomic E-state index is 0.107. The lowest BCUT2D eigenvalue weighted by atomic mass is 10.0. The molecule has 0 aliphatic carbocycles. The fraction of sp³-hybridized carbons (Fsp3) is 0.286. The zero-order valence-corrected chi connectivity index (χ0v) is 15.6. The molecule has 2 aromatic rings. The van der Waals surface area contributed by atoms with E-state index in [1.165, 1.54) is 18.1 Å². The third-order valence-corrected chi connectivity index (χ3v) is 4.95. The largest absolute Gasteiger partial charge is 0.467 e. The molecule has 1 aromatic heterocycles. The van der Waals surface area contributed by atoms with Crippen molar-refractivity contribution in [2.24, 2.45) is 0 Å². The van der Waals surface area contributed by atoms with Crippen LogP contribution < -0.4 is 5.32 Å². The second-order valence-electron chi connectivity index (χ2n) is 6.95. The van der Waals surface area contributed by atoms with Crippen LogP contribution in [0.1, 0.15) is 31.1 Å². The van der Waals surface area contributed by atoms with Gasteiger partial charge in [0.1, 0.15) is 11.5 Å². The Morgan fingerprint density at radius 3 is 2.39 bits per heavy atom. The fourth-order valence-corrected chi connectivity index (χ4v) is 3.68. The Kier molecular flexibility index (Phi) is 4.73. The molecule has 1 saturated heterocycles. The second kappa shape index (κ2) is 7.34. The first kappa shape index (κ1) is 18.0. The highest BCUT2D eigenvalue weighted by Gasteiger charge is 2.42. The molecule has 0 saturated carbocycles. The van der Waals surface area contributed by atoms with Crippen LogP contribution in [0, 0.1) is 0 Å². The standard InChI is InChI=1S/C21H21N3O4/c1-14(25)22-16-8-6-15(7-9-16)18-19(23-10-2-3-11-23)21(27)24(20(18)26)13-17-5-4-12-28-17/h4-9,12H,2-3,10-11,13H2,1H3,(H,22,25). The van der Waals surface area contributed by atoms with E-state index < -0.39 is 0 Å². The van der Waals surface area contributed by atoms with Gasteiger partial charge in [0, 0.05) is 25.7 Å². The van der Waals surface area contributed by atoms with Gasteiger partial charge in [-0.15, -0.1) is 0 Å². The molecule has 1 aromatic carbocycles. The van der Waals surface area contributed by atoms with Gasteiger partial charge < -0.3 is 14.6 Å². The average Bonchev–Trinajstić information content (AvgIpc) is 3.40. The Morgan fingerprint density at radius 1 is 1.07 bits per heavy atom. The average molecular weight is 379 g/mol. The summed E-state index contributed by atoms with van der Waals surface area (Å²) in [5, 5.41) is 2.71. The molecule has 0 spiro atoms. The first-order valence-electron chi connectivity index (χ1n) is 9.30. The van der Waals surface area contributed by atoms with Gasteiger partial charge in [0.05, 0.1) is 18.4 Å². The van der Waals surface area contributed by atoms with E-state index in [0.29, 0.717) is 28.3 Å². The maximum atomic E-state index is 13.2. The number of carbonyl (C=O) groups excluding carboxylic acids is 3. The zero-order valence-electron chi connectivity index (χ0n) is 15.6. The summed E-state index contributed by atoms with van der Waals surface area (Å²) in [4.78, 5) is 40.8. The summed E-state index contributed by atoms with van der Waals surface area (Å²) in [5.74, 6) is -0.217. The van der Waals surface area contributed by atoms with Gasteiger partial charge >= 0.3 is 0 Å². The van der Waals surface area contributed by atoms with Crippen LogP contribution in [0.15, 0.2) is 52.8 Å². The number of hydrogen-bond acceptors (Lipinski definition) is 5. The van der Waals surface area contributed by atoms with Crippen molar-refractivity contribution in [1.82, 2.24) is 9.80 Å². The number of nitrogens with one attached hydrogen (secondary N) is 1. The van der Waals surface area contributed by atoms with Gasteiger partial charge in [-0.25, -0.2) is 0 Å². The van der Waals surface area contributed by atoms with Gasteiger partial charge in [-0.1, -0.05) is 12.1 Å². The fourth-order valence-electron chi connectivity index (χ4n) is 3.68. The topological polar surface area (TPSA) is 82.9 Å². The van der Waals surface area contributed by atoms with E-state index >= 15 is 0 Å². The minimum Gasteiger partial charge on any atom is -0.467 e. The molecule has 1 N–H and O–H groups in total. The molecule has 0 bridgehead atoms. The number of hydrogen-bond donors (Lipinski definition) is 1. The Bertz CT molecular complexity index is 939. The third kappa shape index (κ3) is 3.31. The number of rotatable bonds is 5. The van der Waals surface area contributed by atoms with E-state index in [-0.39, 0.29) is 24.3 Å². The summed E-state index contributed by atoms with van der Waals surface area (Å²) in [6.45, 7) is 3.07. The van der Waals surface area contributed by atoms with Gasteiger partial charge in [-0.3, -0.25) is 19.3 Å². The van der Waals surface area contributed by atoms with E-state index in [9.17, 15) is 14.4 Å². The third-order valence-electron chi connectivity index (χ3n) is 4.95. The molecule has 144 valence electrons. The van der Waals surface area contributed by atoms with Crippen LogP contribution >= 0.6 is 0 Å². The predicted molar refractivity (Wildman–Crippen MR) is 103 cm³/mol. The molecule has 0 unspecified atom stereocenters. The van der Waals surface area contributed by atoms with Gasteiger partial charge in [-0.05, 0) is 42.7 Å². The van der Waals surface area contributed by atoms with Gasteiger partial charge in [0.15, 0.2) is 0 Å². The Balaban J connectivity index is 1.70. The molecule has 1 fully saturated rings. The van der Waals surface area contributed by atoms with Crippen molar-refractivity contribution in [2.45, 2.75) is 26.3 Å². The Morgan fingerprint density at radius 2 is 1.79 bits per heavy atom. The lowest BCUT2D eigenvalue weighted by Crippen LogP contribution is -2.33. The minimum atomic E-state index is -0.324. The number of furan rings is 1. The summed E-state index contributed by atoms with van der Waals surface area (Å²) in [6.07, 6.45) is 3.52. The normalized spacial score (nSPS) is 17.0. The smallest absolute Gasteiger partial charge is 0.278 e. The molecule has 0 atom stereocenters. The first-order valence-corrected chi connectivity index (χ1v) is 9.30. The summed E-state index contributed by atoms with van der Waals surface area (Å²) in [7, 11) is 0. The van der Waals surface area contributed by atoms with Crippen LogP contribution in [-0.2, 0) is 20.9 Å². The molecule has 7 heteroatoms. The second-order valence-corrected chi connectivity index (χ2v) is 6.95. The summed E-state index contributed by atoms with van der Waals surface area (Å²) >= 11 is 0. The van der Waals surface area contributed by atoms with Crippen molar-refractivity contribution < 1.29 is 18.8 Å². The molecule has 28 heavy (non-hydrogen) atoms. The van der Waals surface area contributed by atoms with Crippen molar-refractivity contribution in [2.75, 3.05) is 18.4 Å². The number of likely N-dealkylation sites (tertiary alicyclic amines) is 1. The van der Waals surface area contributed by atoms with Crippen LogP contribution in [0.4, 0.5) is 5.69 Å². The van der Waals surface area contributed by atoms with E-state index in [1.54, 1.807) is 36.4 Å². The van der Waals surface area contributed by atoms with Crippen molar-refractivity contribution in [3.8, 4) is 0 Å². The Labute approximate surface area is 162 Å². The number of imide groups is 1. The van der Waals surface area contributed by atoms with E-state index in [2.05, 4.69) is 5.32 Å². The van der Waals surface area contributed by atoms with Crippen molar-refractivity contribution in [1.29, 1.82) is 0 Å². The molecule has 2 aliphatic heterocycles. The van der Waals surface area contributed by atoms with Crippen LogP contribution in [0.3, 0.4) is 0 Å². The predicted octanol–water partition coefficient (Wildman–Crippen LogP) is 2.61. The molecule has 3 heterocycles. The lowest BCUT2D eigenvalue weighted by Gasteiger charge is -2.19. The van der Waals surface area contributed by atoms with Crippen molar-refractivity contribution in [3.63, 3.8) is 0 Å². The summed E-state index contributed by atoms with van der Waals surface area (Å²) in [6, 6.07) is 10.5. The Hall–Kier alpha value is -3.35. The zero-order chi connectivity index (χ0) is 19.7. The molecular weight excluding hydrogens is 358 g/mol. The number of anilines is 1. The van der Waals surface area contributed by atoms with Crippen LogP contribution in [-0.4, -0.2) is 40.6 Å². The van der Waals surface area contributed by atoms with Gasteiger partial charge in [0.2, 0.25) is 5.91 Å². The monoisotopic (exact) mass is 379 g/mol. The van der Waals surface area contributed by atoms with E-state index in [0.717, 1.165) is 25.9 Å². The summed E-state index contributed by atoms with van der Waals surface area (Å²) < 4.78 is 5.33. The number of nitrogens with zero attached hydrogens (tertiary/aromatic N) is 2. The molecule has 4 rings (SSSR count). The van der Waals surface area contributed by atoms with Crippen molar-refractivity contribution in [3.05, 3.63) is 59.7 Å². The molecule has 0 radical (unpaired) electrons. The SMILES string of the molecule is CC(=O)Nc1ccc(C2=C(N3CCCC3)C(=O)N(Cc3ccco3)C2=O)cc1. The maximum Gasteiger partial charge on any atom is 0.278 e. The first-order chi connectivity index (χ1) is 13.5. The lowest BCUT2D eigenvalue weighted by molar-refractivity contribution is -0.138. The molecule has 7 nitrogen and oxygen atoms in total. The van der Waals surface area contributed by atoms with Gasteiger partial charge in [0.25, 0.3) is 11.8 Å². The van der Waals surface area contributed by atoms with E-state index in [1.807, 2.05) is 4.90 Å². The number of carbonyl (C=O) groups is 3. The highest BCUT2D eigenvalue weighted by molar-refractivity contribution is 6.35. The van der Waals surface area contributed by atoms with Crippen LogP contribution in [0.25, 0.3) is 5.57 Å². The summed E-state index contributed by atoms with van der Waals surface area (Å²) in [5.41, 5.74) is 2.18. The van der Waals surface area contributed by atoms with Gasteiger partial charge in [-0.2, -0.15) is 0 Å². The number of amides is 3. The maximum absolute atomic E-state index is 13.2. The van der Waals surface area contributed by atoms with Crippen LogP contribution in [0.2, 0.25) is 0 Å². The molecular formula is C21H21N3O4. The highest BCUT2D eigenvalue weighted by Crippen LogP contribution is 2.34. The molecule has 2 aliphatic rings. The quantitative estimate of drug-likeness (QED) is 0.808. The van der Waals surface area contributed by atoms with E-state index in [4.69, 9.17) is 4.42 Å².